The van der Waals surface area contributed by atoms with Crippen LogP contribution < -0.4 is 10.0 Å². The molecule has 1 saturated carbocycles. The maximum Gasteiger partial charge on any atom is 0.262 e. The number of aliphatic imine (C=N–C) groups is 1. The Balaban J connectivity index is 1.40. The zero-order valence-electron chi connectivity index (χ0n) is 18.4. The molecule has 10 heteroatoms. The third-order valence-electron chi connectivity index (χ3n) is 5.93. The lowest BCUT2D eigenvalue weighted by Crippen LogP contribution is -2.29. The van der Waals surface area contributed by atoms with Gasteiger partial charge in [-0.25, -0.2) is 13.4 Å². The second-order valence-electron chi connectivity index (χ2n) is 8.28. The zero-order chi connectivity index (χ0) is 22.7. The number of rotatable bonds is 7. The molecule has 0 atom stereocenters. The molecule has 0 spiro atoms. The number of imidazole rings is 1. The summed E-state index contributed by atoms with van der Waals surface area (Å²) in [5, 5.41) is 3.68. The maximum absolute atomic E-state index is 12.6. The van der Waals surface area contributed by atoms with Crippen molar-refractivity contribution in [3.63, 3.8) is 0 Å². The quantitative estimate of drug-likeness (QED) is 0.592. The summed E-state index contributed by atoms with van der Waals surface area (Å²) in [7, 11) is -3.73. The highest BCUT2D eigenvalue weighted by atomic mass is 32.2. The van der Waals surface area contributed by atoms with E-state index in [1.807, 2.05) is 6.92 Å². The first-order chi connectivity index (χ1) is 15.3. The van der Waals surface area contributed by atoms with E-state index in [0.717, 1.165) is 35.8 Å². The number of aromatic nitrogens is 2. The van der Waals surface area contributed by atoms with Gasteiger partial charge in [0.15, 0.2) is 5.16 Å². The van der Waals surface area contributed by atoms with Gasteiger partial charge in [-0.1, -0.05) is 30.7 Å². The van der Waals surface area contributed by atoms with Crippen LogP contribution in [0.15, 0.2) is 39.3 Å². The number of carbonyl (C=O) groups is 1. The Hall–Kier alpha value is -2.33. The lowest BCUT2D eigenvalue weighted by Gasteiger charge is -2.17. The van der Waals surface area contributed by atoms with Gasteiger partial charge in [-0.2, -0.15) is 0 Å². The number of anilines is 1. The highest BCUT2D eigenvalue weighted by Gasteiger charge is 2.24. The van der Waals surface area contributed by atoms with Crippen LogP contribution in [0.1, 0.15) is 56.0 Å². The molecule has 1 amide bonds. The molecule has 172 valence electrons. The number of sulfonamides is 1. The number of nitrogens with zero attached hydrogens (tertiary/aromatic N) is 3. The third-order valence-corrected chi connectivity index (χ3v) is 8.26. The molecule has 2 heterocycles. The van der Waals surface area contributed by atoms with Gasteiger partial charge in [0.1, 0.15) is 5.84 Å². The van der Waals surface area contributed by atoms with Crippen molar-refractivity contribution in [2.75, 3.05) is 17.6 Å². The third kappa shape index (κ3) is 5.17. The summed E-state index contributed by atoms with van der Waals surface area (Å²) in [4.78, 5) is 21.5. The van der Waals surface area contributed by atoms with Gasteiger partial charge >= 0.3 is 0 Å². The van der Waals surface area contributed by atoms with Gasteiger partial charge in [0.05, 0.1) is 16.3 Å². The van der Waals surface area contributed by atoms with Gasteiger partial charge in [-0.3, -0.25) is 14.5 Å². The summed E-state index contributed by atoms with van der Waals surface area (Å²) in [6.07, 6.45) is 6.24. The lowest BCUT2D eigenvalue weighted by atomic mass is 10.2. The molecule has 1 fully saturated rings. The number of nitrogens with one attached hydrogen (secondary N) is 2. The van der Waals surface area contributed by atoms with Crippen molar-refractivity contribution in [2.24, 2.45) is 4.99 Å². The van der Waals surface area contributed by atoms with Crippen molar-refractivity contribution in [3.8, 4) is 0 Å². The summed E-state index contributed by atoms with van der Waals surface area (Å²) < 4.78 is 30.0. The fourth-order valence-corrected chi connectivity index (χ4v) is 6.29. The van der Waals surface area contributed by atoms with Gasteiger partial charge in [-0.05, 0) is 51.3 Å². The Morgan fingerprint density at radius 1 is 1.22 bits per heavy atom. The molecule has 0 radical (unpaired) electrons. The summed E-state index contributed by atoms with van der Waals surface area (Å²) in [5.74, 6) is 0.488. The van der Waals surface area contributed by atoms with Crippen molar-refractivity contribution in [2.45, 2.75) is 68.5 Å². The monoisotopic (exact) mass is 475 g/mol. The molecule has 1 aliphatic heterocycles. The van der Waals surface area contributed by atoms with Crippen molar-refractivity contribution in [1.29, 1.82) is 0 Å². The van der Waals surface area contributed by atoms with Crippen LogP contribution >= 0.6 is 11.8 Å². The average Bonchev–Trinajstić information content (AvgIpc) is 3.50. The predicted molar refractivity (Wildman–Crippen MR) is 127 cm³/mol. The number of amides is 1. The largest absolute Gasteiger partial charge is 0.325 e. The number of aryl methyl sites for hydroxylation is 1. The Morgan fingerprint density at radius 2 is 2.00 bits per heavy atom. The number of amidine groups is 1. The molecular formula is C22H29N5O3S2. The summed E-state index contributed by atoms with van der Waals surface area (Å²) >= 11 is 1.42. The second kappa shape index (κ2) is 9.66. The van der Waals surface area contributed by atoms with Crippen molar-refractivity contribution in [1.82, 2.24) is 14.3 Å². The number of benzene rings is 1. The molecule has 32 heavy (non-hydrogen) atoms. The minimum atomic E-state index is -3.73. The molecule has 0 unspecified atom stereocenters. The molecule has 2 N–H and O–H groups in total. The van der Waals surface area contributed by atoms with Crippen molar-refractivity contribution >= 4 is 39.2 Å². The molecule has 8 nitrogen and oxygen atoms in total. The lowest BCUT2D eigenvalue weighted by molar-refractivity contribution is -0.113. The maximum atomic E-state index is 12.6. The summed E-state index contributed by atoms with van der Waals surface area (Å²) in [6, 6.07) is 6.73. The molecule has 0 bridgehead atoms. The molecule has 1 aromatic carbocycles. The van der Waals surface area contributed by atoms with E-state index in [1.165, 1.54) is 36.7 Å². The van der Waals surface area contributed by atoms with E-state index in [2.05, 4.69) is 31.5 Å². The van der Waals surface area contributed by atoms with Crippen LogP contribution in [0, 0.1) is 13.8 Å². The van der Waals surface area contributed by atoms with Gasteiger partial charge in [-0.15, -0.1) is 0 Å². The van der Waals surface area contributed by atoms with E-state index in [1.54, 1.807) is 12.1 Å². The van der Waals surface area contributed by atoms with E-state index in [9.17, 15) is 13.2 Å². The Morgan fingerprint density at radius 3 is 2.72 bits per heavy atom. The van der Waals surface area contributed by atoms with E-state index in [0.29, 0.717) is 30.5 Å². The van der Waals surface area contributed by atoms with Crippen LogP contribution in [0.25, 0.3) is 0 Å². The fourth-order valence-electron chi connectivity index (χ4n) is 4.20. The Bertz CT molecular complexity index is 1130. The van der Waals surface area contributed by atoms with Gasteiger partial charge in [0, 0.05) is 30.4 Å². The number of hydrogen-bond donors (Lipinski definition) is 2. The molecular weight excluding hydrogens is 446 g/mol. The highest BCUT2D eigenvalue weighted by Crippen LogP contribution is 2.35. The summed E-state index contributed by atoms with van der Waals surface area (Å²) in [5.41, 5.74) is 2.60. The van der Waals surface area contributed by atoms with Crippen molar-refractivity contribution in [3.05, 3.63) is 35.7 Å². The van der Waals surface area contributed by atoms with Crippen LogP contribution in [0.3, 0.4) is 0 Å². The Labute approximate surface area is 193 Å². The smallest absolute Gasteiger partial charge is 0.262 e. The van der Waals surface area contributed by atoms with Gasteiger partial charge < -0.3 is 9.88 Å². The van der Waals surface area contributed by atoms with Gasteiger partial charge in [0.25, 0.3) is 10.0 Å². The SMILES string of the molecule is Cc1nc(SCC(=O)Nc2cccc(S(=O)(=O)NC3=NCCC3)c2)n(C2CCCC2)c1C. The van der Waals surface area contributed by atoms with Crippen LogP contribution in [0.4, 0.5) is 5.69 Å². The molecule has 1 aromatic heterocycles. The van der Waals surface area contributed by atoms with Crippen LogP contribution in [-0.2, 0) is 14.8 Å². The molecule has 1 aliphatic carbocycles. The number of carbonyl (C=O) groups excluding carboxylic acids is 1. The van der Waals surface area contributed by atoms with Crippen LogP contribution in [-0.4, -0.2) is 42.0 Å². The predicted octanol–water partition coefficient (Wildman–Crippen LogP) is 3.82. The highest BCUT2D eigenvalue weighted by molar-refractivity contribution is 7.99. The Kier molecular flexibility index (Phi) is 6.90. The number of hydrogen-bond acceptors (Lipinski definition) is 6. The molecule has 2 aromatic rings. The van der Waals surface area contributed by atoms with Gasteiger partial charge in [0.2, 0.25) is 5.91 Å². The van der Waals surface area contributed by atoms with Crippen molar-refractivity contribution < 1.29 is 13.2 Å². The summed E-state index contributed by atoms with van der Waals surface area (Å²) in [6.45, 7) is 4.73. The second-order valence-corrected chi connectivity index (χ2v) is 10.9. The van der Waals surface area contributed by atoms with E-state index >= 15 is 0 Å². The van der Waals surface area contributed by atoms with Crippen LogP contribution in [0.5, 0.6) is 0 Å². The van der Waals surface area contributed by atoms with E-state index < -0.39 is 10.0 Å². The topological polar surface area (TPSA) is 105 Å². The zero-order valence-corrected chi connectivity index (χ0v) is 20.1. The minimum Gasteiger partial charge on any atom is -0.325 e. The minimum absolute atomic E-state index is 0.0978. The van der Waals surface area contributed by atoms with E-state index in [4.69, 9.17) is 0 Å². The average molecular weight is 476 g/mol. The normalized spacial score (nSPS) is 16.9. The fraction of sp³-hybridized carbons (Fsp3) is 0.500. The molecule has 0 saturated heterocycles. The number of thioether (sulfide) groups is 1. The molecule has 2 aliphatic rings. The first-order valence-electron chi connectivity index (χ1n) is 11.0. The first kappa shape index (κ1) is 22.8. The first-order valence-corrected chi connectivity index (χ1v) is 13.4. The molecule has 4 rings (SSSR count). The van der Waals surface area contributed by atoms with Crippen LogP contribution in [0.2, 0.25) is 0 Å². The standard InChI is InChI=1S/C22H29N5O3S2/c1-15-16(2)27(18-8-3-4-9-18)22(24-15)31-14-21(28)25-17-7-5-10-19(13-17)32(29,30)26-20-11-6-12-23-20/h5,7,10,13,18H,3-4,6,8-9,11-12,14H2,1-2H3,(H,23,26)(H,25,28). The van der Waals surface area contributed by atoms with E-state index in [-0.39, 0.29) is 16.6 Å².